The van der Waals surface area contributed by atoms with Crippen molar-refractivity contribution in [2.45, 2.75) is 17.6 Å². The van der Waals surface area contributed by atoms with Gasteiger partial charge in [-0.3, -0.25) is 14.3 Å². The summed E-state index contributed by atoms with van der Waals surface area (Å²) in [7, 11) is -1.36. The molecule has 1 atom stereocenters. The fraction of sp³-hybridized carbons (Fsp3) is 0.143. The molecule has 110 valence electrons. The number of hydrogen-bond donors (Lipinski definition) is 1. The number of nitrogens with two attached hydrogens (primary N) is 1. The van der Waals surface area contributed by atoms with E-state index >= 15 is 0 Å². The van der Waals surface area contributed by atoms with Gasteiger partial charge in [-0.2, -0.15) is 0 Å². The predicted octanol–water partition coefficient (Wildman–Crippen LogP) is 3.56. The number of hydrogen-bond acceptors (Lipinski definition) is 4. The Bertz CT molecular complexity index is 734. The lowest BCUT2D eigenvalue weighted by molar-refractivity contribution is -0.385. The third kappa shape index (κ3) is 3.68. The minimum absolute atomic E-state index is 0.0363. The van der Waals surface area contributed by atoms with Crippen LogP contribution in [0, 0.1) is 17.0 Å². The lowest BCUT2D eigenvalue weighted by Crippen LogP contribution is -2.02. The zero-order chi connectivity index (χ0) is 15.6. The molecule has 0 bridgehead atoms. The quantitative estimate of drug-likeness (QED) is 0.507. The van der Waals surface area contributed by atoms with Crippen molar-refractivity contribution in [2.24, 2.45) is 0 Å². The molecule has 7 heteroatoms. The van der Waals surface area contributed by atoms with Crippen LogP contribution < -0.4 is 5.73 Å². The number of halogens is 1. The van der Waals surface area contributed by atoms with Crippen LogP contribution in [-0.2, 0) is 16.6 Å². The van der Waals surface area contributed by atoms with Crippen molar-refractivity contribution in [2.75, 3.05) is 5.73 Å². The maximum Gasteiger partial charge on any atom is 0.274 e. The van der Waals surface area contributed by atoms with Gasteiger partial charge in [0.05, 0.1) is 21.5 Å². The van der Waals surface area contributed by atoms with Gasteiger partial charge in [0, 0.05) is 26.7 Å². The van der Waals surface area contributed by atoms with E-state index in [0.717, 1.165) is 5.56 Å². The van der Waals surface area contributed by atoms with Crippen LogP contribution in [0.25, 0.3) is 0 Å². The van der Waals surface area contributed by atoms with Crippen LogP contribution in [0.4, 0.5) is 11.4 Å². The average molecular weight is 369 g/mol. The van der Waals surface area contributed by atoms with Gasteiger partial charge in [0.1, 0.15) is 0 Å². The SMILES string of the molecule is Cc1cc(N)ccc1S(=O)Cc1ccc(Br)cc1[N+](=O)[O-]. The second-order valence-electron chi connectivity index (χ2n) is 4.54. The Hall–Kier alpha value is -1.73. The van der Waals surface area contributed by atoms with Gasteiger partial charge < -0.3 is 5.73 Å². The predicted molar refractivity (Wildman–Crippen MR) is 86.5 cm³/mol. The number of benzene rings is 2. The van der Waals surface area contributed by atoms with Gasteiger partial charge >= 0.3 is 0 Å². The Balaban J connectivity index is 2.34. The highest BCUT2D eigenvalue weighted by molar-refractivity contribution is 9.10. The summed E-state index contributed by atoms with van der Waals surface area (Å²) in [4.78, 5) is 11.2. The minimum Gasteiger partial charge on any atom is -0.399 e. The van der Waals surface area contributed by atoms with Crippen molar-refractivity contribution in [1.82, 2.24) is 0 Å². The molecule has 0 fully saturated rings. The van der Waals surface area contributed by atoms with E-state index in [1.54, 1.807) is 30.3 Å². The first-order valence-corrected chi connectivity index (χ1v) is 8.17. The summed E-state index contributed by atoms with van der Waals surface area (Å²) in [5, 5.41) is 11.1. The normalized spacial score (nSPS) is 12.1. The second kappa shape index (κ2) is 6.36. The Morgan fingerprint density at radius 1 is 1.29 bits per heavy atom. The Morgan fingerprint density at radius 3 is 2.62 bits per heavy atom. The molecule has 1 unspecified atom stereocenters. The summed E-state index contributed by atoms with van der Waals surface area (Å²) < 4.78 is 13.1. The van der Waals surface area contributed by atoms with Crippen LogP contribution in [-0.4, -0.2) is 9.13 Å². The number of nitrogen functional groups attached to an aromatic ring is 1. The Morgan fingerprint density at radius 2 is 2.00 bits per heavy atom. The van der Waals surface area contributed by atoms with Crippen LogP contribution >= 0.6 is 15.9 Å². The third-order valence-electron chi connectivity index (χ3n) is 2.97. The third-order valence-corrected chi connectivity index (χ3v) is 4.99. The van der Waals surface area contributed by atoms with Crippen LogP contribution in [0.2, 0.25) is 0 Å². The van der Waals surface area contributed by atoms with E-state index in [0.29, 0.717) is 20.6 Å². The molecule has 2 N–H and O–H groups in total. The molecule has 0 aliphatic heterocycles. The standard InChI is InChI=1S/C14H13BrN2O3S/c1-9-6-12(16)4-5-14(9)21(20)8-10-2-3-11(15)7-13(10)17(18)19/h2-7H,8,16H2,1H3. The van der Waals surface area contributed by atoms with Gasteiger partial charge in [0.25, 0.3) is 5.69 Å². The van der Waals surface area contributed by atoms with Crippen molar-refractivity contribution < 1.29 is 9.13 Å². The van der Waals surface area contributed by atoms with E-state index < -0.39 is 15.7 Å². The number of aryl methyl sites for hydroxylation is 1. The van der Waals surface area contributed by atoms with Crippen molar-refractivity contribution in [3.8, 4) is 0 Å². The average Bonchev–Trinajstić information content (AvgIpc) is 2.40. The van der Waals surface area contributed by atoms with Gasteiger partial charge in [-0.25, -0.2) is 0 Å². The summed E-state index contributed by atoms with van der Waals surface area (Å²) in [6, 6.07) is 9.86. The van der Waals surface area contributed by atoms with Crippen molar-refractivity contribution >= 4 is 38.1 Å². The molecule has 0 saturated carbocycles. The molecular formula is C14H13BrN2O3S. The summed E-state index contributed by atoms with van der Waals surface area (Å²) >= 11 is 3.20. The van der Waals surface area contributed by atoms with E-state index in [-0.39, 0.29) is 11.4 Å². The molecule has 0 aliphatic carbocycles. The van der Waals surface area contributed by atoms with Crippen LogP contribution in [0.1, 0.15) is 11.1 Å². The maximum atomic E-state index is 12.4. The number of anilines is 1. The summed E-state index contributed by atoms with van der Waals surface area (Å²) in [5.41, 5.74) is 7.49. The number of nitro groups is 1. The molecule has 2 rings (SSSR count). The molecule has 21 heavy (non-hydrogen) atoms. The zero-order valence-electron chi connectivity index (χ0n) is 11.2. The van der Waals surface area contributed by atoms with Crippen LogP contribution in [0.15, 0.2) is 45.8 Å². The van der Waals surface area contributed by atoms with Gasteiger partial charge in [-0.05, 0) is 36.8 Å². The highest BCUT2D eigenvalue weighted by Crippen LogP contribution is 2.27. The van der Waals surface area contributed by atoms with E-state index in [4.69, 9.17) is 5.73 Å². The highest BCUT2D eigenvalue weighted by Gasteiger charge is 2.18. The number of rotatable bonds is 4. The summed E-state index contributed by atoms with van der Waals surface area (Å²) in [6.45, 7) is 1.82. The minimum atomic E-state index is -1.36. The molecule has 0 aliphatic rings. The number of nitro benzene ring substituents is 1. The summed E-state index contributed by atoms with van der Waals surface area (Å²) in [5.74, 6) is 0.0916. The van der Waals surface area contributed by atoms with Gasteiger partial charge in [-0.1, -0.05) is 22.0 Å². The molecule has 5 nitrogen and oxygen atoms in total. The first-order chi connectivity index (χ1) is 9.88. The second-order valence-corrected chi connectivity index (χ2v) is 6.88. The van der Waals surface area contributed by atoms with Crippen molar-refractivity contribution in [3.63, 3.8) is 0 Å². The van der Waals surface area contributed by atoms with Gasteiger partial charge in [0.2, 0.25) is 0 Å². The molecule has 0 saturated heterocycles. The fourth-order valence-corrected chi connectivity index (χ4v) is 3.64. The van der Waals surface area contributed by atoms with E-state index in [2.05, 4.69) is 15.9 Å². The largest absolute Gasteiger partial charge is 0.399 e. The lowest BCUT2D eigenvalue weighted by atomic mass is 10.2. The molecule has 0 radical (unpaired) electrons. The van der Waals surface area contributed by atoms with Crippen LogP contribution in [0.3, 0.4) is 0 Å². The topological polar surface area (TPSA) is 86.2 Å². The highest BCUT2D eigenvalue weighted by atomic mass is 79.9. The van der Waals surface area contributed by atoms with E-state index in [1.165, 1.54) is 6.07 Å². The van der Waals surface area contributed by atoms with Crippen molar-refractivity contribution in [1.29, 1.82) is 0 Å². The van der Waals surface area contributed by atoms with E-state index in [9.17, 15) is 14.3 Å². The van der Waals surface area contributed by atoms with Crippen molar-refractivity contribution in [3.05, 3.63) is 62.1 Å². The van der Waals surface area contributed by atoms with Gasteiger partial charge in [-0.15, -0.1) is 0 Å². The monoisotopic (exact) mass is 368 g/mol. The lowest BCUT2D eigenvalue weighted by Gasteiger charge is -2.08. The first kappa shape index (κ1) is 15.7. The molecular weight excluding hydrogens is 356 g/mol. The molecule has 2 aromatic carbocycles. The Kier molecular flexibility index (Phi) is 4.74. The molecule has 0 spiro atoms. The first-order valence-electron chi connectivity index (χ1n) is 6.06. The smallest absolute Gasteiger partial charge is 0.274 e. The molecule has 0 amide bonds. The molecule has 2 aromatic rings. The van der Waals surface area contributed by atoms with Gasteiger partial charge in [0.15, 0.2) is 0 Å². The molecule has 0 aromatic heterocycles. The van der Waals surface area contributed by atoms with Crippen LogP contribution in [0.5, 0.6) is 0 Å². The molecule has 0 heterocycles. The van der Waals surface area contributed by atoms with E-state index in [1.807, 2.05) is 6.92 Å². The maximum absolute atomic E-state index is 12.4. The summed E-state index contributed by atoms with van der Waals surface area (Å²) in [6.07, 6.45) is 0. The Labute approximate surface area is 132 Å². The fourth-order valence-electron chi connectivity index (χ4n) is 1.98. The number of nitrogens with zero attached hydrogens (tertiary/aromatic N) is 1. The zero-order valence-corrected chi connectivity index (χ0v) is 13.6.